The molecule has 0 radical (unpaired) electrons. The molecule has 0 aliphatic heterocycles. The zero-order chi connectivity index (χ0) is 13.5. The highest BCUT2D eigenvalue weighted by molar-refractivity contribution is 5.85. The molecular weight excluding hydrogens is 230 g/mol. The van der Waals surface area contributed by atoms with Gasteiger partial charge in [0.15, 0.2) is 0 Å². The number of hydrazone groups is 1. The molecule has 0 aliphatic rings. The largest absolute Gasteiger partial charge is 0.481 e. The molecule has 0 unspecified atom stereocenters. The van der Waals surface area contributed by atoms with Crippen LogP contribution in [0.15, 0.2) is 36.1 Å². The molecule has 0 bridgehead atoms. The zero-order valence-corrected chi connectivity index (χ0v) is 10.6. The number of aliphatic carboxylic acids is 1. The van der Waals surface area contributed by atoms with E-state index in [0.717, 1.165) is 11.4 Å². The first-order valence-electron chi connectivity index (χ1n) is 5.60. The van der Waals surface area contributed by atoms with Gasteiger partial charge in [0.2, 0.25) is 0 Å². The van der Waals surface area contributed by atoms with Crippen LogP contribution in [-0.2, 0) is 4.79 Å². The van der Waals surface area contributed by atoms with Crippen molar-refractivity contribution >= 4 is 17.4 Å². The maximum absolute atomic E-state index is 10.4. The minimum atomic E-state index is -0.823. The highest BCUT2D eigenvalue weighted by Crippen LogP contribution is 2.13. The van der Waals surface area contributed by atoms with Crippen molar-refractivity contribution in [3.05, 3.63) is 36.7 Å². The summed E-state index contributed by atoms with van der Waals surface area (Å²) in [6, 6.07) is 5.56. The quantitative estimate of drug-likeness (QED) is 0.618. The van der Waals surface area contributed by atoms with Gasteiger partial charge < -0.3 is 5.11 Å². The van der Waals surface area contributed by atoms with Gasteiger partial charge in [-0.05, 0) is 25.5 Å². The lowest BCUT2D eigenvalue weighted by molar-refractivity contribution is -0.136. The maximum Gasteiger partial charge on any atom is 0.303 e. The highest BCUT2D eigenvalue weighted by atomic mass is 16.4. The monoisotopic (exact) mass is 247 g/mol. The van der Waals surface area contributed by atoms with Crippen molar-refractivity contribution in [3.8, 4) is 0 Å². The molecule has 0 saturated heterocycles. The number of hydrogen-bond donors (Lipinski definition) is 1. The van der Waals surface area contributed by atoms with Crippen molar-refractivity contribution in [2.24, 2.45) is 5.10 Å². The Hall–Kier alpha value is -2.17. The van der Waals surface area contributed by atoms with E-state index < -0.39 is 5.97 Å². The van der Waals surface area contributed by atoms with Crippen LogP contribution in [0.2, 0.25) is 0 Å². The Labute approximate surface area is 106 Å². The van der Waals surface area contributed by atoms with Crippen molar-refractivity contribution in [2.45, 2.75) is 19.8 Å². The summed E-state index contributed by atoms with van der Waals surface area (Å²) in [6.45, 7) is 5.71. The summed E-state index contributed by atoms with van der Waals surface area (Å²) < 4.78 is 0. The molecule has 0 fully saturated rings. The van der Waals surface area contributed by atoms with Gasteiger partial charge in [0.05, 0.1) is 17.8 Å². The molecule has 0 amide bonds. The predicted octanol–water partition coefficient (Wildman–Crippen LogP) is 2.22. The van der Waals surface area contributed by atoms with Crippen LogP contribution in [0.4, 0.5) is 0 Å². The van der Waals surface area contributed by atoms with Crippen molar-refractivity contribution < 1.29 is 9.90 Å². The van der Waals surface area contributed by atoms with Gasteiger partial charge in [0.1, 0.15) is 0 Å². The highest BCUT2D eigenvalue weighted by Gasteiger charge is 2.06. The van der Waals surface area contributed by atoms with Crippen LogP contribution >= 0.6 is 0 Å². The number of aromatic nitrogens is 1. The Kier molecular flexibility index (Phi) is 5.05. The Morgan fingerprint density at radius 2 is 2.22 bits per heavy atom. The number of nitrogens with zero attached hydrogens (tertiary/aromatic N) is 3. The summed E-state index contributed by atoms with van der Waals surface area (Å²) in [4.78, 5) is 14.6. The summed E-state index contributed by atoms with van der Waals surface area (Å²) in [5.74, 6) is -0.823. The molecule has 5 nitrogen and oxygen atoms in total. The molecule has 0 aromatic carbocycles. The lowest BCUT2D eigenvalue weighted by Gasteiger charge is -2.16. The summed E-state index contributed by atoms with van der Waals surface area (Å²) >= 11 is 0. The van der Waals surface area contributed by atoms with E-state index in [1.54, 1.807) is 25.2 Å². The molecule has 0 spiro atoms. The van der Waals surface area contributed by atoms with Crippen LogP contribution < -0.4 is 0 Å². The van der Waals surface area contributed by atoms with Gasteiger partial charge in [-0.25, -0.2) is 0 Å². The SMILES string of the molecule is C=C(c1ccccn1)N(C)/N=C(\C)CCC(=O)O. The number of carboxylic acid groups (broad SMARTS) is 1. The van der Waals surface area contributed by atoms with Crippen LogP contribution in [0, 0.1) is 0 Å². The lowest BCUT2D eigenvalue weighted by atomic mass is 10.2. The summed E-state index contributed by atoms with van der Waals surface area (Å²) in [7, 11) is 1.77. The fourth-order valence-corrected chi connectivity index (χ4v) is 1.35. The molecule has 0 aliphatic carbocycles. The smallest absolute Gasteiger partial charge is 0.303 e. The number of rotatable bonds is 6. The van der Waals surface area contributed by atoms with E-state index >= 15 is 0 Å². The summed E-state index contributed by atoms with van der Waals surface area (Å²) in [5, 5.41) is 14.5. The van der Waals surface area contributed by atoms with Gasteiger partial charge in [0.25, 0.3) is 0 Å². The Morgan fingerprint density at radius 1 is 1.50 bits per heavy atom. The first-order valence-corrected chi connectivity index (χ1v) is 5.60. The molecule has 1 aromatic heterocycles. The van der Waals surface area contributed by atoms with Crippen molar-refractivity contribution in [3.63, 3.8) is 0 Å². The molecule has 1 rings (SSSR count). The fourth-order valence-electron chi connectivity index (χ4n) is 1.35. The topological polar surface area (TPSA) is 65.8 Å². The third-order valence-corrected chi connectivity index (χ3v) is 2.37. The molecule has 1 N–H and O–H groups in total. The second-order valence-electron chi connectivity index (χ2n) is 3.91. The zero-order valence-electron chi connectivity index (χ0n) is 10.6. The van der Waals surface area contributed by atoms with Crippen LogP contribution in [0.3, 0.4) is 0 Å². The van der Waals surface area contributed by atoms with E-state index in [1.807, 2.05) is 18.2 Å². The van der Waals surface area contributed by atoms with E-state index in [-0.39, 0.29) is 6.42 Å². The van der Waals surface area contributed by atoms with Gasteiger partial charge in [-0.1, -0.05) is 12.6 Å². The lowest BCUT2D eigenvalue weighted by Crippen LogP contribution is -2.13. The predicted molar refractivity (Wildman–Crippen MR) is 71.0 cm³/mol. The molecule has 0 saturated carbocycles. The Balaban J connectivity index is 2.64. The summed E-state index contributed by atoms with van der Waals surface area (Å²) in [6.07, 6.45) is 2.20. The van der Waals surface area contributed by atoms with E-state index in [1.165, 1.54) is 0 Å². The molecular formula is C13H17N3O2. The third kappa shape index (κ3) is 4.37. The van der Waals surface area contributed by atoms with E-state index in [0.29, 0.717) is 12.1 Å². The first kappa shape index (κ1) is 13.9. The van der Waals surface area contributed by atoms with Crippen molar-refractivity contribution in [2.75, 3.05) is 7.05 Å². The average Bonchev–Trinajstić information content (AvgIpc) is 2.36. The number of carboxylic acids is 1. The van der Waals surface area contributed by atoms with Gasteiger partial charge in [-0.3, -0.25) is 14.8 Å². The Morgan fingerprint density at radius 3 is 2.78 bits per heavy atom. The molecule has 96 valence electrons. The summed E-state index contributed by atoms with van der Waals surface area (Å²) in [5.41, 5.74) is 2.16. The van der Waals surface area contributed by atoms with Gasteiger partial charge in [-0.2, -0.15) is 5.10 Å². The minimum absolute atomic E-state index is 0.0826. The average molecular weight is 247 g/mol. The normalized spacial score (nSPS) is 11.1. The van der Waals surface area contributed by atoms with E-state index in [9.17, 15) is 4.79 Å². The second kappa shape index (κ2) is 6.54. The van der Waals surface area contributed by atoms with Gasteiger partial charge >= 0.3 is 5.97 Å². The fraction of sp³-hybridized carbons (Fsp3) is 0.308. The van der Waals surface area contributed by atoms with Crippen molar-refractivity contribution in [1.29, 1.82) is 0 Å². The van der Waals surface area contributed by atoms with Gasteiger partial charge in [-0.15, -0.1) is 0 Å². The molecule has 18 heavy (non-hydrogen) atoms. The standard InChI is InChI=1S/C13H17N3O2/c1-10(7-8-13(17)18)15-16(3)11(2)12-6-4-5-9-14-12/h4-6,9H,2,7-8H2,1,3H3,(H,17,18)/b15-10+. The number of carbonyl (C=O) groups is 1. The molecule has 0 atom stereocenters. The van der Waals surface area contributed by atoms with E-state index in [4.69, 9.17) is 5.11 Å². The first-order chi connectivity index (χ1) is 8.50. The van der Waals surface area contributed by atoms with Gasteiger partial charge in [0, 0.05) is 19.0 Å². The van der Waals surface area contributed by atoms with Crippen LogP contribution in [0.25, 0.3) is 5.70 Å². The maximum atomic E-state index is 10.4. The minimum Gasteiger partial charge on any atom is -0.481 e. The van der Waals surface area contributed by atoms with Crippen molar-refractivity contribution in [1.82, 2.24) is 9.99 Å². The molecule has 5 heteroatoms. The van der Waals surface area contributed by atoms with E-state index in [2.05, 4.69) is 16.7 Å². The molecule has 1 aromatic rings. The second-order valence-corrected chi connectivity index (χ2v) is 3.91. The van der Waals surface area contributed by atoms with Crippen LogP contribution in [0.5, 0.6) is 0 Å². The number of pyridine rings is 1. The number of hydrogen-bond acceptors (Lipinski definition) is 4. The van der Waals surface area contributed by atoms with Crippen LogP contribution in [0.1, 0.15) is 25.5 Å². The van der Waals surface area contributed by atoms with Crippen LogP contribution in [-0.4, -0.2) is 33.8 Å². The molecule has 1 heterocycles. The third-order valence-electron chi connectivity index (χ3n) is 2.37. The Bertz CT molecular complexity index is 455.